The van der Waals surface area contributed by atoms with Crippen LogP contribution in [0.1, 0.15) is 5.69 Å². The molecule has 2 aromatic carbocycles. The van der Waals surface area contributed by atoms with Crippen LogP contribution in [0.4, 0.5) is 0 Å². The van der Waals surface area contributed by atoms with E-state index >= 15 is 0 Å². The van der Waals surface area contributed by atoms with Crippen LogP contribution in [0.3, 0.4) is 0 Å². The monoisotopic (exact) mass is 320 g/mol. The third-order valence-corrected chi connectivity index (χ3v) is 4.18. The lowest BCUT2D eigenvalue weighted by Crippen LogP contribution is -2.13. The predicted octanol–water partition coefficient (Wildman–Crippen LogP) is 1.58. The SMILES string of the molecule is Cc1cc(=O)n(-c2ccc(O)c3cc(S(=O)(=O)O)ccc23)[nH]1. The topological polar surface area (TPSA) is 112 Å². The highest BCUT2D eigenvalue weighted by molar-refractivity contribution is 7.85. The van der Waals surface area contributed by atoms with E-state index < -0.39 is 10.1 Å². The van der Waals surface area contributed by atoms with E-state index in [0.29, 0.717) is 16.8 Å². The van der Waals surface area contributed by atoms with E-state index in [1.165, 1.54) is 28.9 Å². The minimum absolute atomic E-state index is 0.152. The van der Waals surface area contributed by atoms with Gasteiger partial charge in [0.05, 0.1) is 10.6 Å². The fourth-order valence-electron chi connectivity index (χ4n) is 2.34. The molecule has 1 heterocycles. The number of H-pyrrole nitrogens is 1. The van der Waals surface area contributed by atoms with Gasteiger partial charge in [0, 0.05) is 22.5 Å². The second-order valence-electron chi connectivity index (χ2n) is 4.90. The first-order valence-corrected chi connectivity index (χ1v) is 7.73. The molecule has 3 aromatic rings. The number of rotatable bonds is 2. The smallest absolute Gasteiger partial charge is 0.294 e. The molecule has 0 amide bonds. The van der Waals surface area contributed by atoms with Crippen molar-refractivity contribution in [3.05, 3.63) is 52.4 Å². The van der Waals surface area contributed by atoms with Gasteiger partial charge in [0.25, 0.3) is 15.7 Å². The Morgan fingerprint density at radius 3 is 2.41 bits per heavy atom. The molecule has 0 bridgehead atoms. The Morgan fingerprint density at radius 2 is 1.82 bits per heavy atom. The van der Waals surface area contributed by atoms with Gasteiger partial charge in [-0.05, 0) is 31.2 Å². The largest absolute Gasteiger partial charge is 0.507 e. The number of phenols is 1. The maximum atomic E-state index is 11.9. The van der Waals surface area contributed by atoms with E-state index in [0.717, 1.165) is 6.07 Å². The Balaban J connectivity index is 2.37. The summed E-state index contributed by atoms with van der Waals surface area (Å²) < 4.78 is 32.8. The molecule has 1 aromatic heterocycles. The maximum Gasteiger partial charge on any atom is 0.294 e. The van der Waals surface area contributed by atoms with Crippen LogP contribution in [0.2, 0.25) is 0 Å². The molecule has 7 nitrogen and oxygen atoms in total. The molecule has 0 aliphatic heterocycles. The fourth-order valence-corrected chi connectivity index (χ4v) is 2.85. The summed E-state index contributed by atoms with van der Waals surface area (Å²) in [5, 5.41) is 13.5. The zero-order chi connectivity index (χ0) is 16.1. The van der Waals surface area contributed by atoms with E-state index in [2.05, 4.69) is 5.10 Å². The van der Waals surface area contributed by atoms with Crippen molar-refractivity contribution in [1.29, 1.82) is 0 Å². The van der Waals surface area contributed by atoms with Crippen molar-refractivity contribution in [2.75, 3.05) is 0 Å². The van der Waals surface area contributed by atoms with Gasteiger partial charge in [0.15, 0.2) is 0 Å². The number of nitrogens with zero attached hydrogens (tertiary/aromatic N) is 1. The van der Waals surface area contributed by atoms with Crippen LogP contribution < -0.4 is 5.56 Å². The average Bonchev–Trinajstić information content (AvgIpc) is 2.77. The van der Waals surface area contributed by atoms with Gasteiger partial charge in [-0.3, -0.25) is 14.4 Å². The molecule has 0 saturated carbocycles. The van der Waals surface area contributed by atoms with Crippen LogP contribution in [0.15, 0.2) is 46.1 Å². The van der Waals surface area contributed by atoms with E-state index in [9.17, 15) is 18.3 Å². The normalized spacial score (nSPS) is 11.9. The number of aromatic nitrogens is 2. The minimum atomic E-state index is -4.38. The molecule has 114 valence electrons. The van der Waals surface area contributed by atoms with Gasteiger partial charge in [-0.1, -0.05) is 6.07 Å². The fraction of sp³-hybridized carbons (Fsp3) is 0.0714. The molecule has 0 aliphatic rings. The van der Waals surface area contributed by atoms with Crippen LogP contribution in [-0.4, -0.2) is 27.9 Å². The van der Waals surface area contributed by atoms with Crippen molar-refractivity contribution < 1.29 is 18.1 Å². The highest BCUT2D eigenvalue weighted by Crippen LogP contribution is 2.31. The van der Waals surface area contributed by atoms with Gasteiger partial charge in [-0.15, -0.1) is 0 Å². The van der Waals surface area contributed by atoms with Crippen LogP contribution in [0.5, 0.6) is 5.75 Å². The summed E-state index contributed by atoms with van der Waals surface area (Å²) in [5.41, 5.74) is 0.858. The predicted molar refractivity (Wildman–Crippen MR) is 80.1 cm³/mol. The molecule has 0 unspecified atom stereocenters. The second kappa shape index (κ2) is 4.72. The Kier molecular flexibility index (Phi) is 3.08. The van der Waals surface area contributed by atoms with Gasteiger partial charge in [0.2, 0.25) is 0 Å². The quantitative estimate of drug-likeness (QED) is 0.621. The summed E-state index contributed by atoms with van der Waals surface area (Å²) in [6.45, 7) is 1.73. The first-order chi connectivity index (χ1) is 10.3. The van der Waals surface area contributed by atoms with Gasteiger partial charge in [-0.25, -0.2) is 4.68 Å². The highest BCUT2D eigenvalue weighted by atomic mass is 32.2. The summed E-state index contributed by atoms with van der Waals surface area (Å²) >= 11 is 0. The van der Waals surface area contributed by atoms with Crippen LogP contribution in [0, 0.1) is 6.92 Å². The molecule has 0 aliphatic carbocycles. The molecule has 0 atom stereocenters. The van der Waals surface area contributed by atoms with E-state index in [1.54, 1.807) is 13.0 Å². The third-order valence-electron chi connectivity index (χ3n) is 3.33. The van der Waals surface area contributed by atoms with E-state index in [4.69, 9.17) is 4.55 Å². The lowest BCUT2D eigenvalue weighted by atomic mass is 10.1. The number of phenolic OH excluding ortho intramolecular Hbond substituents is 1. The summed E-state index contributed by atoms with van der Waals surface area (Å²) in [6, 6.07) is 8.11. The van der Waals surface area contributed by atoms with Crippen molar-refractivity contribution >= 4 is 20.9 Å². The van der Waals surface area contributed by atoms with Crippen molar-refractivity contribution in [3.8, 4) is 11.4 Å². The average molecular weight is 320 g/mol. The second-order valence-corrected chi connectivity index (χ2v) is 6.32. The van der Waals surface area contributed by atoms with Crippen molar-refractivity contribution in [2.45, 2.75) is 11.8 Å². The molecular weight excluding hydrogens is 308 g/mol. The van der Waals surface area contributed by atoms with Crippen molar-refractivity contribution in [3.63, 3.8) is 0 Å². The van der Waals surface area contributed by atoms with Gasteiger partial charge >= 0.3 is 0 Å². The first-order valence-electron chi connectivity index (χ1n) is 6.29. The number of benzene rings is 2. The Hall–Kier alpha value is -2.58. The number of hydrogen-bond acceptors (Lipinski definition) is 4. The van der Waals surface area contributed by atoms with Crippen LogP contribution in [-0.2, 0) is 10.1 Å². The maximum absolute atomic E-state index is 11.9. The molecule has 8 heteroatoms. The van der Waals surface area contributed by atoms with Gasteiger partial charge in [-0.2, -0.15) is 8.42 Å². The molecule has 3 rings (SSSR count). The highest BCUT2D eigenvalue weighted by Gasteiger charge is 2.15. The Morgan fingerprint density at radius 1 is 1.09 bits per heavy atom. The van der Waals surface area contributed by atoms with Gasteiger partial charge < -0.3 is 5.11 Å². The lowest BCUT2D eigenvalue weighted by molar-refractivity contribution is 0.480. The molecule has 0 saturated heterocycles. The molecular formula is C14H12N2O5S. The summed E-state index contributed by atoms with van der Waals surface area (Å²) in [5.74, 6) is -0.152. The molecule has 22 heavy (non-hydrogen) atoms. The Bertz CT molecular complexity index is 1050. The third kappa shape index (κ3) is 2.28. The van der Waals surface area contributed by atoms with Crippen LogP contribution >= 0.6 is 0 Å². The molecule has 3 N–H and O–H groups in total. The molecule has 0 spiro atoms. The number of fused-ring (bicyclic) bond motifs is 1. The van der Waals surface area contributed by atoms with Crippen molar-refractivity contribution in [2.24, 2.45) is 0 Å². The standard InChI is InChI=1S/C14H12N2O5S/c1-8-6-14(18)16(15-8)12-4-5-13(17)11-7-9(22(19,20)21)2-3-10(11)12/h2-7,15,17H,1H3,(H,19,20,21). The van der Waals surface area contributed by atoms with Crippen LogP contribution in [0.25, 0.3) is 16.5 Å². The van der Waals surface area contributed by atoms with E-state index in [-0.39, 0.29) is 21.6 Å². The Labute approximate surface area is 125 Å². The lowest BCUT2D eigenvalue weighted by Gasteiger charge is -2.09. The summed E-state index contributed by atoms with van der Waals surface area (Å²) in [4.78, 5) is 11.6. The number of aromatic amines is 1. The summed E-state index contributed by atoms with van der Waals surface area (Å²) in [7, 11) is -4.38. The molecule has 0 radical (unpaired) electrons. The zero-order valence-electron chi connectivity index (χ0n) is 11.4. The molecule has 0 fully saturated rings. The van der Waals surface area contributed by atoms with E-state index in [1.807, 2.05) is 0 Å². The number of nitrogens with one attached hydrogen (secondary N) is 1. The summed E-state index contributed by atoms with van der Waals surface area (Å²) in [6.07, 6.45) is 0. The number of hydrogen-bond donors (Lipinski definition) is 3. The minimum Gasteiger partial charge on any atom is -0.507 e. The van der Waals surface area contributed by atoms with Crippen molar-refractivity contribution in [1.82, 2.24) is 9.78 Å². The zero-order valence-corrected chi connectivity index (χ0v) is 12.3. The van der Waals surface area contributed by atoms with Gasteiger partial charge in [0.1, 0.15) is 5.75 Å². The number of aryl methyl sites for hydroxylation is 1. The first kappa shape index (κ1) is 14.4. The number of aromatic hydroxyl groups is 1.